The molecule has 2 rings (SSSR count). The molecule has 3 amide bonds. The average Bonchev–Trinajstić information content (AvgIpc) is 3.31. The maximum absolute atomic E-state index is 13.3. The van der Waals surface area contributed by atoms with Gasteiger partial charge in [-0.15, -0.1) is 0 Å². The number of aliphatic carboxylic acids is 1. The molecule has 14 nitrogen and oxygen atoms in total. The zero-order chi connectivity index (χ0) is 29.7. The van der Waals surface area contributed by atoms with E-state index < -0.39 is 47.9 Å². The van der Waals surface area contributed by atoms with Crippen molar-refractivity contribution in [1.29, 1.82) is 0 Å². The number of nitrogens with two attached hydrogens (primary N) is 4. The van der Waals surface area contributed by atoms with E-state index in [1.54, 1.807) is 6.20 Å². The van der Waals surface area contributed by atoms with Gasteiger partial charge in [0.1, 0.15) is 18.1 Å². The first-order valence-electron chi connectivity index (χ1n) is 13.2. The molecule has 0 saturated heterocycles. The molecule has 220 valence electrons. The fourth-order valence-corrected chi connectivity index (χ4v) is 4.10. The predicted octanol–water partition coefficient (Wildman–Crippen LogP) is -1.22. The minimum absolute atomic E-state index is 0.0341. The average molecular weight is 560 g/mol. The second-order valence-corrected chi connectivity index (χ2v) is 9.61. The molecule has 4 unspecified atom stereocenters. The third-order valence-electron chi connectivity index (χ3n) is 6.29. The Kier molecular flexibility index (Phi) is 12.9. The molecule has 0 aliphatic heterocycles. The van der Waals surface area contributed by atoms with Gasteiger partial charge in [-0.25, -0.2) is 4.79 Å². The van der Waals surface area contributed by atoms with Gasteiger partial charge >= 0.3 is 5.97 Å². The number of aromatic amines is 1. The van der Waals surface area contributed by atoms with Crippen LogP contribution in [0.1, 0.15) is 44.6 Å². The molecule has 0 bridgehead atoms. The van der Waals surface area contributed by atoms with Crippen molar-refractivity contribution >= 4 is 40.6 Å². The Labute approximate surface area is 232 Å². The van der Waals surface area contributed by atoms with E-state index in [4.69, 9.17) is 22.9 Å². The van der Waals surface area contributed by atoms with Crippen LogP contribution in [0.25, 0.3) is 10.9 Å². The van der Waals surface area contributed by atoms with Crippen LogP contribution in [0.4, 0.5) is 0 Å². The molecule has 14 heteroatoms. The predicted molar refractivity (Wildman–Crippen MR) is 152 cm³/mol. The summed E-state index contributed by atoms with van der Waals surface area (Å²) in [6, 6.07) is 3.25. The number of rotatable bonds is 17. The molecule has 0 spiro atoms. The summed E-state index contributed by atoms with van der Waals surface area (Å²) in [6.07, 6.45) is 3.61. The van der Waals surface area contributed by atoms with Gasteiger partial charge < -0.3 is 49.0 Å². The number of aromatic nitrogens is 1. The van der Waals surface area contributed by atoms with E-state index in [0.717, 1.165) is 16.5 Å². The van der Waals surface area contributed by atoms with Crippen LogP contribution in [0.15, 0.2) is 35.5 Å². The summed E-state index contributed by atoms with van der Waals surface area (Å²) in [5.74, 6) is -3.13. The number of benzene rings is 1. The highest BCUT2D eigenvalue weighted by Gasteiger charge is 2.30. The van der Waals surface area contributed by atoms with Crippen LogP contribution in [-0.4, -0.2) is 77.0 Å². The molecule has 1 aromatic heterocycles. The first-order chi connectivity index (χ1) is 19.0. The van der Waals surface area contributed by atoms with Gasteiger partial charge in [-0.05, 0) is 57.2 Å². The molecule has 0 radical (unpaired) electrons. The van der Waals surface area contributed by atoms with E-state index in [1.165, 1.54) is 6.92 Å². The van der Waals surface area contributed by atoms with Gasteiger partial charge in [0.2, 0.25) is 17.7 Å². The van der Waals surface area contributed by atoms with Crippen LogP contribution in [-0.2, 0) is 25.6 Å². The number of nitrogens with zero attached hydrogens (tertiary/aromatic N) is 1. The first-order valence-corrected chi connectivity index (χ1v) is 13.2. The lowest BCUT2D eigenvalue weighted by atomic mass is 10.0. The minimum atomic E-state index is -1.24. The Balaban J connectivity index is 2.17. The topological polar surface area (TPSA) is 257 Å². The van der Waals surface area contributed by atoms with Gasteiger partial charge in [0.15, 0.2) is 5.96 Å². The summed E-state index contributed by atoms with van der Waals surface area (Å²) in [5.41, 5.74) is 23.5. The number of guanidine groups is 1. The Morgan fingerprint density at radius 3 is 2.12 bits per heavy atom. The van der Waals surface area contributed by atoms with Crippen molar-refractivity contribution in [3.05, 3.63) is 36.0 Å². The van der Waals surface area contributed by atoms with Crippen LogP contribution in [0, 0.1) is 0 Å². The zero-order valence-electron chi connectivity index (χ0n) is 22.7. The van der Waals surface area contributed by atoms with Crippen LogP contribution in [0.3, 0.4) is 0 Å². The van der Waals surface area contributed by atoms with Crippen molar-refractivity contribution in [2.24, 2.45) is 27.9 Å². The number of unbranched alkanes of at least 4 members (excludes halogenated alkanes) is 1. The quantitative estimate of drug-likeness (QED) is 0.0638. The zero-order valence-corrected chi connectivity index (χ0v) is 22.7. The molecule has 2 aromatic rings. The van der Waals surface area contributed by atoms with Gasteiger partial charge in [0, 0.05) is 30.1 Å². The third-order valence-corrected chi connectivity index (χ3v) is 6.29. The number of aliphatic imine (C=N–C) groups is 1. The second kappa shape index (κ2) is 16.1. The number of carboxylic acid groups (broad SMARTS) is 1. The highest BCUT2D eigenvalue weighted by Crippen LogP contribution is 2.19. The van der Waals surface area contributed by atoms with E-state index in [9.17, 15) is 24.3 Å². The fraction of sp³-hybridized carbons (Fsp3) is 0.500. The van der Waals surface area contributed by atoms with Crippen molar-refractivity contribution in [2.45, 2.75) is 69.6 Å². The monoisotopic (exact) mass is 559 g/mol. The SMILES string of the molecule is CC(N)C(=O)NC(CCCN=C(N)N)C(=O)NC(CCCCN)C(=O)NC(Cc1c[nH]c2ccccc12)C(=O)O. The minimum Gasteiger partial charge on any atom is -0.480 e. The maximum Gasteiger partial charge on any atom is 0.326 e. The number of carbonyl (C=O) groups is 4. The third kappa shape index (κ3) is 10.2. The van der Waals surface area contributed by atoms with Gasteiger partial charge in [-0.2, -0.15) is 0 Å². The van der Waals surface area contributed by atoms with Crippen molar-refractivity contribution in [1.82, 2.24) is 20.9 Å². The Hall–Kier alpha value is -4.17. The summed E-state index contributed by atoms with van der Waals surface area (Å²) in [6.45, 7) is 2.10. The van der Waals surface area contributed by atoms with Crippen molar-refractivity contribution in [3.8, 4) is 0 Å². The van der Waals surface area contributed by atoms with Gasteiger partial charge in [-0.1, -0.05) is 18.2 Å². The highest BCUT2D eigenvalue weighted by atomic mass is 16.4. The van der Waals surface area contributed by atoms with Crippen molar-refractivity contribution in [3.63, 3.8) is 0 Å². The normalized spacial score (nSPS) is 14.0. The van der Waals surface area contributed by atoms with E-state index in [0.29, 0.717) is 25.8 Å². The van der Waals surface area contributed by atoms with E-state index in [2.05, 4.69) is 25.9 Å². The van der Waals surface area contributed by atoms with Crippen LogP contribution < -0.4 is 38.9 Å². The van der Waals surface area contributed by atoms with Gasteiger partial charge in [0.05, 0.1) is 6.04 Å². The Morgan fingerprint density at radius 1 is 0.925 bits per heavy atom. The van der Waals surface area contributed by atoms with Crippen LogP contribution >= 0.6 is 0 Å². The lowest BCUT2D eigenvalue weighted by molar-refractivity contribution is -0.142. The number of para-hydroxylation sites is 1. The number of H-pyrrole nitrogens is 1. The lowest BCUT2D eigenvalue weighted by Crippen LogP contribution is -2.57. The van der Waals surface area contributed by atoms with E-state index >= 15 is 0 Å². The number of hydrogen-bond acceptors (Lipinski definition) is 7. The molecule has 40 heavy (non-hydrogen) atoms. The molecule has 4 atom stereocenters. The number of amides is 3. The molecule has 0 aliphatic rings. The van der Waals surface area contributed by atoms with Gasteiger partial charge in [-0.3, -0.25) is 19.4 Å². The van der Waals surface area contributed by atoms with Crippen LogP contribution in [0.2, 0.25) is 0 Å². The lowest BCUT2D eigenvalue weighted by Gasteiger charge is -2.25. The molecule has 0 fully saturated rings. The molecular weight excluding hydrogens is 518 g/mol. The largest absolute Gasteiger partial charge is 0.480 e. The van der Waals surface area contributed by atoms with Crippen molar-refractivity contribution < 1.29 is 24.3 Å². The standard InChI is InChI=1S/C26H41N9O5/c1-15(28)22(36)33-20(10-6-12-31-26(29)30)23(37)34-19(9-4-5-11-27)24(38)35-21(25(39)40)13-16-14-32-18-8-3-2-7-17(16)18/h2-3,7-8,14-15,19-21,32H,4-6,9-13,27-28H2,1H3,(H,33,36)(H,34,37)(H,35,38)(H,39,40)(H4,29,30,31). The molecule has 0 aliphatic carbocycles. The van der Waals surface area contributed by atoms with Gasteiger partial charge in [0.25, 0.3) is 0 Å². The number of carboxylic acids is 1. The van der Waals surface area contributed by atoms with E-state index in [-0.39, 0.29) is 31.8 Å². The molecule has 13 N–H and O–H groups in total. The fourth-order valence-electron chi connectivity index (χ4n) is 4.10. The molecule has 0 saturated carbocycles. The van der Waals surface area contributed by atoms with Crippen LogP contribution in [0.5, 0.6) is 0 Å². The van der Waals surface area contributed by atoms with E-state index in [1.807, 2.05) is 24.3 Å². The molecule has 1 heterocycles. The number of nitrogens with one attached hydrogen (secondary N) is 4. The van der Waals surface area contributed by atoms with Crippen molar-refractivity contribution in [2.75, 3.05) is 13.1 Å². The second-order valence-electron chi connectivity index (χ2n) is 9.61. The Bertz CT molecular complexity index is 1180. The summed E-state index contributed by atoms with van der Waals surface area (Å²) in [4.78, 5) is 57.8. The number of fused-ring (bicyclic) bond motifs is 1. The first kappa shape index (κ1) is 32.0. The summed E-state index contributed by atoms with van der Waals surface area (Å²) in [5, 5.41) is 18.5. The summed E-state index contributed by atoms with van der Waals surface area (Å²) < 4.78 is 0. The smallest absolute Gasteiger partial charge is 0.326 e. The molecule has 1 aromatic carbocycles. The molecular formula is C26H41N9O5. The summed E-state index contributed by atoms with van der Waals surface area (Å²) >= 11 is 0. The maximum atomic E-state index is 13.3. The summed E-state index contributed by atoms with van der Waals surface area (Å²) in [7, 11) is 0. The number of carbonyl (C=O) groups excluding carboxylic acids is 3. The Morgan fingerprint density at radius 2 is 1.52 bits per heavy atom. The number of hydrogen-bond donors (Lipinski definition) is 9. The highest BCUT2D eigenvalue weighted by molar-refractivity contribution is 5.94.